The van der Waals surface area contributed by atoms with E-state index in [-0.39, 0.29) is 6.04 Å². The van der Waals surface area contributed by atoms with Crippen LogP contribution in [0.1, 0.15) is 52.4 Å². The van der Waals surface area contributed by atoms with Gasteiger partial charge in [-0.1, -0.05) is 33.1 Å². The van der Waals surface area contributed by atoms with E-state index >= 15 is 0 Å². The molecule has 0 heterocycles. The van der Waals surface area contributed by atoms with Gasteiger partial charge < -0.3 is 20.8 Å². The number of carbonyl (C=O) groups excluding carboxylic acids is 1. The molecule has 4 N–H and O–H groups in total. The Labute approximate surface area is 118 Å². The first-order chi connectivity index (χ1) is 9.40. The summed E-state index contributed by atoms with van der Waals surface area (Å²) in [4.78, 5) is 33.1. The first kappa shape index (κ1) is 18.2. The molecule has 20 heavy (non-hydrogen) atoms. The lowest BCUT2D eigenvalue weighted by Crippen LogP contribution is -2.49. The van der Waals surface area contributed by atoms with Gasteiger partial charge in [-0.05, 0) is 12.8 Å². The number of rotatable bonds is 10. The Morgan fingerprint density at radius 3 is 2.10 bits per heavy atom. The number of urea groups is 1. The van der Waals surface area contributed by atoms with E-state index in [1.807, 2.05) is 6.92 Å². The quantitative estimate of drug-likeness (QED) is 0.487. The molecule has 1 unspecified atom stereocenters. The van der Waals surface area contributed by atoms with Gasteiger partial charge in [0, 0.05) is 6.04 Å². The van der Waals surface area contributed by atoms with Crippen molar-refractivity contribution in [2.45, 2.75) is 64.5 Å². The Balaban J connectivity index is 4.39. The van der Waals surface area contributed by atoms with E-state index in [4.69, 9.17) is 10.2 Å². The number of amides is 2. The lowest BCUT2D eigenvalue weighted by Gasteiger charge is -2.20. The molecule has 0 bridgehead atoms. The zero-order valence-electron chi connectivity index (χ0n) is 12.0. The van der Waals surface area contributed by atoms with Crippen LogP contribution in [-0.2, 0) is 9.59 Å². The molecule has 0 saturated heterocycles. The van der Waals surface area contributed by atoms with Gasteiger partial charge in [-0.15, -0.1) is 0 Å². The molecule has 0 aromatic rings. The Kier molecular flexibility index (Phi) is 9.15. The van der Waals surface area contributed by atoms with Crippen LogP contribution in [0, 0.1) is 0 Å². The SMILES string of the molecule is CCCCC(CCC)NC(=O)N[C@@H](CC(=O)O)C(=O)O. The van der Waals surface area contributed by atoms with Gasteiger partial charge in [0.25, 0.3) is 0 Å². The van der Waals surface area contributed by atoms with Crippen LogP contribution in [0.5, 0.6) is 0 Å². The van der Waals surface area contributed by atoms with Crippen LogP contribution >= 0.6 is 0 Å². The molecular weight excluding hydrogens is 264 g/mol. The summed E-state index contributed by atoms with van der Waals surface area (Å²) in [5.41, 5.74) is 0. The molecule has 0 rings (SSSR count). The summed E-state index contributed by atoms with van der Waals surface area (Å²) in [6.45, 7) is 4.05. The highest BCUT2D eigenvalue weighted by Gasteiger charge is 2.23. The van der Waals surface area contributed by atoms with Crippen molar-refractivity contribution < 1.29 is 24.6 Å². The zero-order chi connectivity index (χ0) is 15.5. The maximum atomic E-state index is 11.7. The highest BCUT2D eigenvalue weighted by molar-refractivity contribution is 5.86. The zero-order valence-corrected chi connectivity index (χ0v) is 12.0. The lowest BCUT2D eigenvalue weighted by atomic mass is 10.1. The van der Waals surface area contributed by atoms with Gasteiger partial charge >= 0.3 is 18.0 Å². The molecule has 0 aromatic heterocycles. The molecule has 2 atom stereocenters. The van der Waals surface area contributed by atoms with Crippen molar-refractivity contribution in [3.8, 4) is 0 Å². The minimum absolute atomic E-state index is 0.0146. The molecule has 2 amide bonds. The van der Waals surface area contributed by atoms with Crippen LogP contribution in [0.3, 0.4) is 0 Å². The summed E-state index contributed by atoms with van der Waals surface area (Å²) in [5, 5.41) is 22.3. The third kappa shape index (κ3) is 8.34. The van der Waals surface area contributed by atoms with Gasteiger partial charge in [0.15, 0.2) is 0 Å². The fourth-order valence-corrected chi connectivity index (χ4v) is 1.85. The Morgan fingerprint density at radius 1 is 1.00 bits per heavy atom. The summed E-state index contributed by atoms with van der Waals surface area (Å²) in [5.74, 6) is -2.63. The summed E-state index contributed by atoms with van der Waals surface area (Å²) in [7, 11) is 0. The maximum absolute atomic E-state index is 11.7. The Morgan fingerprint density at radius 2 is 1.65 bits per heavy atom. The molecule has 0 aliphatic heterocycles. The largest absolute Gasteiger partial charge is 0.481 e. The molecular formula is C13H24N2O5. The predicted molar refractivity (Wildman–Crippen MR) is 73.6 cm³/mol. The number of nitrogens with one attached hydrogen (secondary N) is 2. The fourth-order valence-electron chi connectivity index (χ4n) is 1.85. The molecule has 0 aliphatic rings. The van der Waals surface area contributed by atoms with Crippen molar-refractivity contribution in [3.05, 3.63) is 0 Å². The van der Waals surface area contributed by atoms with Crippen LogP contribution in [0.25, 0.3) is 0 Å². The molecule has 116 valence electrons. The van der Waals surface area contributed by atoms with Gasteiger partial charge in [0.05, 0.1) is 6.42 Å². The van der Waals surface area contributed by atoms with Gasteiger partial charge in [-0.2, -0.15) is 0 Å². The highest BCUT2D eigenvalue weighted by Crippen LogP contribution is 2.06. The average Bonchev–Trinajstić information content (AvgIpc) is 2.34. The number of unbranched alkanes of at least 4 members (excludes halogenated alkanes) is 1. The number of carboxylic acids is 2. The normalized spacial score (nSPS) is 13.3. The summed E-state index contributed by atoms with van der Waals surface area (Å²) in [6, 6.07) is -2.06. The van der Waals surface area contributed by atoms with Crippen LogP contribution in [-0.4, -0.2) is 40.3 Å². The van der Waals surface area contributed by atoms with Crippen molar-refractivity contribution in [1.29, 1.82) is 0 Å². The van der Waals surface area contributed by atoms with E-state index in [0.717, 1.165) is 32.1 Å². The van der Waals surface area contributed by atoms with Crippen LogP contribution in [0.2, 0.25) is 0 Å². The summed E-state index contributed by atoms with van der Waals surface area (Å²) in [6.07, 6.45) is 3.89. The van der Waals surface area contributed by atoms with E-state index in [2.05, 4.69) is 17.6 Å². The number of carboxylic acid groups (broad SMARTS) is 2. The Hall–Kier alpha value is -1.79. The molecule has 7 nitrogen and oxygen atoms in total. The first-order valence-electron chi connectivity index (χ1n) is 6.92. The minimum atomic E-state index is -1.42. The van der Waals surface area contributed by atoms with Crippen molar-refractivity contribution in [2.24, 2.45) is 0 Å². The van der Waals surface area contributed by atoms with Gasteiger partial charge in [0.1, 0.15) is 6.04 Å². The molecule has 7 heteroatoms. The summed E-state index contributed by atoms with van der Waals surface area (Å²) >= 11 is 0. The van der Waals surface area contributed by atoms with Crippen molar-refractivity contribution in [2.75, 3.05) is 0 Å². The third-order valence-corrected chi connectivity index (χ3v) is 2.86. The molecule has 0 saturated carbocycles. The lowest BCUT2D eigenvalue weighted by molar-refractivity contribution is -0.145. The minimum Gasteiger partial charge on any atom is -0.481 e. The highest BCUT2D eigenvalue weighted by atomic mass is 16.4. The predicted octanol–water partition coefficient (Wildman–Crippen LogP) is 1.57. The second-order valence-electron chi connectivity index (χ2n) is 4.73. The van der Waals surface area contributed by atoms with Crippen LogP contribution < -0.4 is 10.6 Å². The fraction of sp³-hybridized carbons (Fsp3) is 0.769. The van der Waals surface area contributed by atoms with E-state index in [0.29, 0.717) is 0 Å². The monoisotopic (exact) mass is 288 g/mol. The molecule has 0 aromatic carbocycles. The molecule has 0 spiro atoms. The average molecular weight is 288 g/mol. The van der Waals surface area contributed by atoms with Crippen molar-refractivity contribution in [1.82, 2.24) is 10.6 Å². The van der Waals surface area contributed by atoms with Gasteiger partial charge in [0.2, 0.25) is 0 Å². The standard InChI is InChI=1S/C13H24N2O5/c1-3-5-7-9(6-4-2)14-13(20)15-10(12(18)19)8-11(16)17/h9-10H,3-8H2,1-2H3,(H,16,17)(H,18,19)(H2,14,15,20)/t9?,10-/m0/s1. The van der Waals surface area contributed by atoms with Gasteiger partial charge in [-0.25, -0.2) is 9.59 Å². The second kappa shape index (κ2) is 10.1. The first-order valence-corrected chi connectivity index (χ1v) is 6.92. The Bertz CT molecular complexity index is 333. The topological polar surface area (TPSA) is 116 Å². The van der Waals surface area contributed by atoms with Crippen molar-refractivity contribution in [3.63, 3.8) is 0 Å². The van der Waals surface area contributed by atoms with E-state index in [9.17, 15) is 14.4 Å². The third-order valence-electron chi connectivity index (χ3n) is 2.86. The molecule has 0 aliphatic carbocycles. The van der Waals surface area contributed by atoms with Crippen LogP contribution in [0.4, 0.5) is 4.79 Å². The molecule has 0 fully saturated rings. The van der Waals surface area contributed by atoms with Crippen LogP contribution in [0.15, 0.2) is 0 Å². The number of hydrogen-bond donors (Lipinski definition) is 4. The summed E-state index contributed by atoms with van der Waals surface area (Å²) < 4.78 is 0. The maximum Gasteiger partial charge on any atom is 0.326 e. The number of hydrogen-bond acceptors (Lipinski definition) is 3. The van der Waals surface area contributed by atoms with E-state index in [1.165, 1.54) is 0 Å². The second-order valence-corrected chi connectivity index (χ2v) is 4.73. The van der Waals surface area contributed by atoms with Gasteiger partial charge in [-0.3, -0.25) is 4.79 Å². The number of carbonyl (C=O) groups is 3. The van der Waals surface area contributed by atoms with Crippen molar-refractivity contribution >= 4 is 18.0 Å². The van der Waals surface area contributed by atoms with E-state index < -0.39 is 30.4 Å². The molecule has 0 radical (unpaired) electrons. The van der Waals surface area contributed by atoms with E-state index in [1.54, 1.807) is 0 Å². The number of aliphatic carboxylic acids is 2. The smallest absolute Gasteiger partial charge is 0.326 e.